The molecule has 0 aromatic rings. The first kappa shape index (κ1) is 16.0. The highest BCUT2D eigenvalue weighted by Gasteiger charge is 2.21. The van der Waals surface area contributed by atoms with E-state index in [-0.39, 0.29) is 11.8 Å². The predicted octanol–water partition coefficient (Wildman–Crippen LogP) is 0.799. The van der Waals surface area contributed by atoms with E-state index in [1.54, 1.807) is 11.8 Å². The average Bonchev–Trinajstić information content (AvgIpc) is 2.42. The van der Waals surface area contributed by atoms with Crippen molar-refractivity contribution in [3.05, 3.63) is 0 Å². The Morgan fingerprint density at radius 2 is 1.63 bits per heavy atom. The minimum absolute atomic E-state index is 0.103. The number of hydrogen-bond acceptors (Lipinski definition) is 3. The van der Waals surface area contributed by atoms with Gasteiger partial charge in [0.25, 0.3) is 0 Å². The van der Waals surface area contributed by atoms with Gasteiger partial charge >= 0.3 is 0 Å². The second kappa shape index (κ2) is 8.15. The zero-order valence-corrected chi connectivity index (χ0v) is 12.5. The molecule has 5 nitrogen and oxygen atoms in total. The second-order valence-corrected chi connectivity index (χ2v) is 5.29. The van der Waals surface area contributed by atoms with Gasteiger partial charge in [-0.15, -0.1) is 0 Å². The van der Waals surface area contributed by atoms with Crippen LogP contribution in [0.15, 0.2) is 0 Å². The lowest BCUT2D eigenvalue weighted by molar-refractivity contribution is -0.138. The Labute approximate surface area is 116 Å². The Morgan fingerprint density at radius 1 is 1.05 bits per heavy atom. The van der Waals surface area contributed by atoms with Crippen LogP contribution in [0.4, 0.5) is 0 Å². The van der Waals surface area contributed by atoms with Crippen molar-refractivity contribution >= 4 is 11.8 Å². The number of nitrogens with zero attached hydrogens (tertiary/aromatic N) is 3. The fourth-order valence-corrected chi connectivity index (χ4v) is 2.26. The van der Waals surface area contributed by atoms with Crippen LogP contribution in [-0.2, 0) is 9.59 Å². The topological polar surface area (TPSA) is 43.9 Å². The average molecular weight is 269 g/mol. The van der Waals surface area contributed by atoms with Gasteiger partial charge in [0.15, 0.2) is 0 Å². The molecule has 0 radical (unpaired) electrons. The summed E-state index contributed by atoms with van der Waals surface area (Å²) in [7, 11) is 2.07. The number of carbonyl (C=O) groups is 2. The van der Waals surface area contributed by atoms with E-state index in [0.29, 0.717) is 32.6 Å². The van der Waals surface area contributed by atoms with Gasteiger partial charge in [-0.2, -0.15) is 0 Å². The molecule has 0 aliphatic carbocycles. The first-order valence-corrected chi connectivity index (χ1v) is 7.26. The largest absolute Gasteiger partial charge is 0.339 e. The van der Waals surface area contributed by atoms with Gasteiger partial charge in [0.2, 0.25) is 11.8 Å². The number of amides is 2. The molecular weight excluding hydrogens is 242 g/mol. The zero-order chi connectivity index (χ0) is 14.3. The van der Waals surface area contributed by atoms with E-state index in [1.165, 1.54) is 12.8 Å². The van der Waals surface area contributed by atoms with Crippen molar-refractivity contribution in [2.45, 2.75) is 33.1 Å². The van der Waals surface area contributed by atoms with E-state index in [0.717, 1.165) is 13.1 Å². The van der Waals surface area contributed by atoms with Gasteiger partial charge in [0.1, 0.15) is 0 Å². The molecule has 1 aliphatic rings. The molecule has 1 aliphatic heterocycles. The van der Waals surface area contributed by atoms with Gasteiger partial charge < -0.3 is 14.7 Å². The molecule has 19 heavy (non-hydrogen) atoms. The molecule has 0 unspecified atom stereocenters. The van der Waals surface area contributed by atoms with Crippen LogP contribution in [0, 0.1) is 0 Å². The highest BCUT2D eigenvalue weighted by Crippen LogP contribution is 2.05. The van der Waals surface area contributed by atoms with E-state index >= 15 is 0 Å². The molecule has 1 heterocycles. The van der Waals surface area contributed by atoms with E-state index in [9.17, 15) is 9.59 Å². The van der Waals surface area contributed by atoms with Crippen molar-refractivity contribution in [2.75, 3.05) is 46.3 Å². The summed E-state index contributed by atoms with van der Waals surface area (Å²) in [6.07, 6.45) is 2.95. The quantitative estimate of drug-likeness (QED) is 0.716. The van der Waals surface area contributed by atoms with Gasteiger partial charge in [-0.05, 0) is 20.0 Å². The van der Waals surface area contributed by atoms with Crippen LogP contribution < -0.4 is 0 Å². The molecule has 0 N–H and O–H groups in total. The molecule has 0 spiro atoms. The number of carbonyl (C=O) groups excluding carboxylic acids is 2. The third kappa shape index (κ3) is 5.59. The number of rotatable bonds is 6. The maximum Gasteiger partial charge on any atom is 0.223 e. The first-order chi connectivity index (χ1) is 9.04. The molecule has 0 bridgehead atoms. The van der Waals surface area contributed by atoms with Gasteiger partial charge in [-0.1, -0.05) is 13.3 Å². The fourth-order valence-electron chi connectivity index (χ4n) is 2.26. The molecule has 2 amide bonds. The fraction of sp³-hybridized carbons (Fsp3) is 0.857. The molecule has 1 fully saturated rings. The number of piperazine rings is 1. The SMILES string of the molecule is CCCCN(C)CCC(=O)N1CCN(C(C)=O)CC1. The highest BCUT2D eigenvalue weighted by atomic mass is 16.2. The number of hydrogen-bond donors (Lipinski definition) is 0. The van der Waals surface area contributed by atoms with Crippen LogP contribution >= 0.6 is 0 Å². The first-order valence-electron chi connectivity index (χ1n) is 7.26. The van der Waals surface area contributed by atoms with E-state index in [2.05, 4.69) is 18.9 Å². The molecule has 5 heteroatoms. The molecule has 1 saturated heterocycles. The van der Waals surface area contributed by atoms with Crippen LogP contribution in [0.2, 0.25) is 0 Å². The smallest absolute Gasteiger partial charge is 0.223 e. The van der Waals surface area contributed by atoms with Crippen LogP contribution in [0.5, 0.6) is 0 Å². The summed E-state index contributed by atoms with van der Waals surface area (Å²) < 4.78 is 0. The van der Waals surface area contributed by atoms with Crippen LogP contribution in [0.1, 0.15) is 33.1 Å². The maximum atomic E-state index is 12.0. The normalized spacial score (nSPS) is 16.0. The second-order valence-electron chi connectivity index (χ2n) is 5.29. The molecule has 0 aromatic heterocycles. The molecule has 0 atom stereocenters. The third-order valence-corrected chi connectivity index (χ3v) is 3.68. The van der Waals surface area contributed by atoms with Crippen molar-refractivity contribution in [1.29, 1.82) is 0 Å². The summed E-state index contributed by atoms with van der Waals surface area (Å²) >= 11 is 0. The summed E-state index contributed by atoms with van der Waals surface area (Å²) in [5, 5.41) is 0. The summed E-state index contributed by atoms with van der Waals surface area (Å²) in [5.41, 5.74) is 0. The number of unbranched alkanes of at least 4 members (excludes halogenated alkanes) is 1. The van der Waals surface area contributed by atoms with Crippen molar-refractivity contribution in [1.82, 2.24) is 14.7 Å². The van der Waals surface area contributed by atoms with Gasteiger partial charge in [0, 0.05) is 46.1 Å². The lowest BCUT2D eigenvalue weighted by Gasteiger charge is -2.34. The Morgan fingerprint density at radius 3 is 2.16 bits per heavy atom. The summed E-state index contributed by atoms with van der Waals surface area (Å²) in [5.74, 6) is 0.318. The lowest BCUT2D eigenvalue weighted by Crippen LogP contribution is -2.50. The minimum Gasteiger partial charge on any atom is -0.339 e. The van der Waals surface area contributed by atoms with Crippen LogP contribution in [-0.4, -0.2) is 72.8 Å². The maximum absolute atomic E-state index is 12.0. The van der Waals surface area contributed by atoms with Crippen molar-refractivity contribution in [3.8, 4) is 0 Å². The molecular formula is C14H27N3O2. The van der Waals surface area contributed by atoms with Crippen molar-refractivity contribution in [2.24, 2.45) is 0 Å². The van der Waals surface area contributed by atoms with Gasteiger partial charge in [-0.3, -0.25) is 9.59 Å². The molecule has 0 saturated carbocycles. The standard InChI is InChI=1S/C14H27N3O2/c1-4-5-7-15(3)8-6-14(19)17-11-9-16(10-12-17)13(2)18/h4-12H2,1-3H3. The van der Waals surface area contributed by atoms with E-state index in [4.69, 9.17) is 0 Å². The summed E-state index contributed by atoms with van der Waals surface area (Å²) in [6, 6.07) is 0. The minimum atomic E-state index is 0.103. The molecule has 110 valence electrons. The van der Waals surface area contributed by atoms with Crippen molar-refractivity contribution in [3.63, 3.8) is 0 Å². The Hall–Kier alpha value is -1.10. The zero-order valence-electron chi connectivity index (χ0n) is 12.5. The van der Waals surface area contributed by atoms with Gasteiger partial charge in [-0.25, -0.2) is 0 Å². The Bertz CT molecular complexity index is 299. The Kier molecular flexibility index (Phi) is 6.84. The Balaban J connectivity index is 2.22. The molecule has 0 aromatic carbocycles. The monoisotopic (exact) mass is 269 g/mol. The van der Waals surface area contributed by atoms with Crippen LogP contribution in [0.25, 0.3) is 0 Å². The lowest BCUT2D eigenvalue weighted by atomic mass is 10.2. The third-order valence-electron chi connectivity index (χ3n) is 3.68. The predicted molar refractivity (Wildman–Crippen MR) is 75.9 cm³/mol. The van der Waals surface area contributed by atoms with E-state index < -0.39 is 0 Å². The van der Waals surface area contributed by atoms with E-state index in [1.807, 2.05) is 4.90 Å². The van der Waals surface area contributed by atoms with Gasteiger partial charge in [0.05, 0.1) is 0 Å². The highest BCUT2D eigenvalue weighted by molar-refractivity contribution is 5.77. The van der Waals surface area contributed by atoms with Crippen LogP contribution in [0.3, 0.4) is 0 Å². The van der Waals surface area contributed by atoms with Crippen molar-refractivity contribution < 1.29 is 9.59 Å². The summed E-state index contributed by atoms with van der Waals surface area (Å²) in [4.78, 5) is 29.2. The summed E-state index contributed by atoms with van der Waals surface area (Å²) in [6.45, 7) is 8.34. The molecule has 1 rings (SSSR count).